The molecule has 0 bridgehead atoms. The molecule has 8 heteroatoms. The van der Waals surface area contributed by atoms with Crippen LogP contribution in [-0.4, -0.2) is 15.9 Å². The second-order valence-corrected chi connectivity index (χ2v) is 4.81. The number of hydrogen-bond acceptors (Lipinski definition) is 4. The van der Waals surface area contributed by atoms with E-state index in [1.54, 1.807) is 0 Å². The Morgan fingerprint density at radius 3 is 2.73 bits per heavy atom. The summed E-state index contributed by atoms with van der Waals surface area (Å²) < 4.78 is 13.5. The molecule has 114 valence electrons. The van der Waals surface area contributed by atoms with E-state index in [2.05, 4.69) is 5.32 Å². The lowest BCUT2D eigenvalue weighted by molar-refractivity contribution is -0.384. The van der Waals surface area contributed by atoms with Crippen LogP contribution < -0.4 is 5.32 Å². The molecule has 2 aromatic carbocycles. The number of nitro benzene ring substituents is 1. The van der Waals surface area contributed by atoms with Crippen molar-refractivity contribution in [2.75, 3.05) is 0 Å². The van der Waals surface area contributed by atoms with Crippen LogP contribution in [0.25, 0.3) is 0 Å². The van der Waals surface area contributed by atoms with Crippen molar-refractivity contribution in [3.63, 3.8) is 0 Å². The lowest BCUT2D eigenvalue weighted by atomic mass is 10.1. The minimum Gasteiger partial charge on any atom is -0.508 e. The molecule has 0 aromatic heterocycles. The third-order valence-corrected chi connectivity index (χ3v) is 3.12. The molecule has 6 nitrogen and oxygen atoms in total. The molecular weight excluding hydrogens is 315 g/mol. The molecule has 0 radical (unpaired) electrons. The minimum absolute atomic E-state index is 0.144. The predicted octanol–water partition coefficient (Wildman–Crippen LogP) is 3.02. The number of benzene rings is 2. The number of amides is 1. The third-order valence-electron chi connectivity index (χ3n) is 2.89. The highest BCUT2D eigenvalue weighted by molar-refractivity contribution is 6.31. The highest BCUT2D eigenvalue weighted by atomic mass is 35.5. The van der Waals surface area contributed by atoms with Gasteiger partial charge in [-0.1, -0.05) is 11.6 Å². The molecule has 0 saturated carbocycles. The van der Waals surface area contributed by atoms with Gasteiger partial charge in [0.05, 0.1) is 10.5 Å². The largest absolute Gasteiger partial charge is 0.508 e. The Balaban J connectivity index is 2.16. The molecule has 0 fully saturated rings. The molecule has 1 amide bonds. The zero-order chi connectivity index (χ0) is 16.3. The van der Waals surface area contributed by atoms with Gasteiger partial charge in [0.1, 0.15) is 11.6 Å². The summed E-state index contributed by atoms with van der Waals surface area (Å²) in [6.07, 6.45) is 0. The number of phenols is 1. The molecule has 0 unspecified atom stereocenters. The van der Waals surface area contributed by atoms with Crippen molar-refractivity contribution in [3.05, 3.63) is 68.5 Å². The predicted molar refractivity (Wildman–Crippen MR) is 77.3 cm³/mol. The zero-order valence-corrected chi connectivity index (χ0v) is 11.8. The molecule has 2 rings (SSSR count). The van der Waals surface area contributed by atoms with Crippen LogP contribution in [0.4, 0.5) is 10.1 Å². The molecule has 0 saturated heterocycles. The second kappa shape index (κ2) is 6.40. The standard InChI is InChI=1S/C14H10ClFN2O4/c15-9-1-3-12(16)11(6-9)14(20)17-7-8-5-10(18(21)22)2-4-13(8)19/h1-6,19H,7H2,(H,17,20). The van der Waals surface area contributed by atoms with Crippen LogP contribution in [0.5, 0.6) is 5.75 Å². The van der Waals surface area contributed by atoms with Crippen molar-refractivity contribution in [2.24, 2.45) is 0 Å². The van der Waals surface area contributed by atoms with Crippen LogP contribution >= 0.6 is 11.6 Å². The number of carbonyl (C=O) groups excluding carboxylic acids is 1. The first-order chi connectivity index (χ1) is 10.4. The number of non-ortho nitro benzene ring substituents is 1. The van der Waals surface area contributed by atoms with Crippen LogP contribution in [0, 0.1) is 15.9 Å². The van der Waals surface area contributed by atoms with E-state index in [1.165, 1.54) is 12.1 Å². The van der Waals surface area contributed by atoms with Gasteiger partial charge < -0.3 is 10.4 Å². The van der Waals surface area contributed by atoms with Crippen LogP contribution in [0.2, 0.25) is 5.02 Å². The fourth-order valence-electron chi connectivity index (χ4n) is 1.77. The smallest absolute Gasteiger partial charge is 0.270 e. The molecule has 0 aliphatic heterocycles. The lowest BCUT2D eigenvalue weighted by Gasteiger charge is -2.08. The van der Waals surface area contributed by atoms with E-state index in [4.69, 9.17) is 11.6 Å². The van der Waals surface area contributed by atoms with Gasteiger partial charge in [-0.15, -0.1) is 0 Å². The van der Waals surface area contributed by atoms with E-state index in [-0.39, 0.29) is 34.1 Å². The van der Waals surface area contributed by atoms with Gasteiger partial charge in [0.25, 0.3) is 11.6 Å². The van der Waals surface area contributed by atoms with Crippen molar-refractivity contribution < 1.29 is 19.2 Å². The number of rotatable bonds is 4. The third kappa shape index (κ3) is 3.50. The number of nitrogens with zero attached hydrogens (tertiary/aromatic N) is 1. The van der Waals surface area contributed by atoms with Gasteiger partial charge in [0, 0.05) is 29.3 Å². The summed E-state index contributed by atoms with van der Waals surface area (Å²) in [6.45, 7) is -0.196. The number of hydrogen-bond donors (Lipinski definition) is 2. The molecule has 0 atom stereocenters. The Morgan fingerprint density at radius 2 is 2.05 bits per heavy atom. The average Bonchev–Trinajstić information content (AvgIpc) is 2.48. The van der Waals surface area contributed by atoms with Gasteiger partial charge in [-0.25, -0.2) is 4.39 Å². The summed E-state index contributed by atoms with van der Waals surface area (Å²) >= 11 is 5.70. The highest BCUT2D eigenvalue weighted by Gasteiger charge is 2.14. The molecule has 0 heterocycles. The van der Waals surface area contributed by atoms with Crippen molar-refractivity contribution in [2.45, 2.75) is 6.54 Å². The van der Waals surface area contributed by atoms with E-state index < -0.39 is 16.6 Å². The number of nitro groups is 1. The molecular formula is C14H10ClFN2O4. The van der Waals surface area contributed by atoms with Crippen molar-refractivity contribution in [1.82, 2.24) is 5.32 Å². The molecule has 0 spiro atoms. The van der Waals surface area contributed by atoms with Crippen LogP contribution in [-0.2, 0) is 6.54 Å². The molecule has 22 heavy (non-hydrogen) atoms. The summed E-state index contributed by atoms with van der Waals surface area (Å²) in [6, 6.07) is 6.95. The first-order valence-corrected chi connectivity index (χ1v) is 6.46. The molecule has 2 N–H and O–H groups in total. The van der Waals surface area contributed by atoms with Crippen molar-refractivity contribution in [3.8, 4) is 5.75 Å². The van der Waals surface area contributed by atoms with Crippen LogP contribution in [0.3, 0.4) is 0 Å². The number of nitrogens with one attached hydrogen (secondary N) is 1. The Bertz CT molecular complexity index is 752. The highest BCUT2D eigenvalue weighted by Crippen LogP contribution is 2.23. The quantitative estimate of drug-likeness (QED) is 0.668. The van der Waals surface area contributed by atoms with Gasteiger partial charge >= 0.3 is 0 Å². The van der Waals surface area contributed by atoms with Crippen LogP contribution in [0.15, 0.2) is 36.4 Å². The van der Waals surface area contributed by atoms with E-state index in [0.717, 1.165) is 24.3 Å². The van der Waals surface area contributed by atoms with Gasteiger partial charge in [-0.3, -0.25) is 14.9 Å². The summed E-state index contributed by atoms with van der Waals surface area (Å²) in [4.78, 5) is 22.0. The Kier molecular flexibility index (Phi) is 4.57. The topological polar surface area (TPSA) is 92.5 Å². The van der Waals surface area contributed by atoms with E-state index in [0.29, 0.717) is 0 Å². The maximum atomic E-state index is 13.5. The number of halogens is 2. The molecule has 2 aromatic rings. The first kappa shape index (κ1) is 15.7. The number of carbonyl (C=O) groups is 1. The van der Waals surface area contributed by atoms with Crippen molar-refractivity contribution >= 4 is 23.2 Å². The molecule has 0 aliphatic rings. The van der Waals surface area contributed by atoms with Gasteiger partial charge in [0.2, 0.25) is 0 Å². The Labute approximate surface area is 129 Å². The Morgan fingerprint density at radius 1 is 1.32 bits per heavy atom. The second-order valence-electron chi connectivity index (χ2n) is 4.38. The van der Waals surface area contributed by atoms with E-state index in [1.807, 2.05) is 0 Å². The zero-order valence-electron chi connectivity index (χ0n) is 11.0. The summed E-state index contributed by atoms with van der Waals surface area (Å²) in [5.74, 6) is -1.70. The SMILES string of the molecule is O=C(NCc1cc([N+](=O)[O-])ccc1O)c1cc(Cl)ccc1F. The first-order valence-electron chi connectivity index (χ1n) is 6.08. The summed E-state index contributed by atoms with van der Waals surface area (Å²) in [7, 11) is 0. The maximum Gasteiger partial charge on any atom is 0.270 e. The fourth-order valence-corrected chi connectivity index (χ4v) is 1.94. The monoisotopic (exact) mass is 324 g/mol. The number of phenolic OH excluding ortho intramolecular Hbond substituents is 1. The Hall–Kier alpha value is -2.67. The van der Waals surface area contributed by atoms with E-state index >= 15 is 0 Å². The maximum absolute atomic E-state index is 13.5. The number of aromatic hydroxyl groups is 1. The minimum atomic E-state index is -0.745. The van der Waals surface area contributed by atoms with Crippen LogP contribution in [0.1, 0.15) is 15.9 Å². The summed E-state index contributed by atoms with van der Waals surface area (Å²) in [5, 5.41) is 22.9. The fraction of sp³-hybridized carbons (Fsp3) is 0.0714. The molecule has 0 aliphatic carbocycles. The summed E-state index contributed by atoms with van der Waals surface area (Å²) in [5.41, 5.74) is -0.335. The van der Waals surface area contributed by atoms with Gasteiger partial charge in [0.15, 0.2) is 0 Å². The lowest BCUT2D eigenvalue weighted by Crippen LogP contribution is -2.24. The van der Waals surface area contributed by atoms with Gasteiger partial charge in [-0.05, 0) is 24.3 Å². The van der Waals surface area contributed by atoms with Gasteiger partial charge in [-0.2, -0.15) is 0 Å². The van der Waals surface area contributed by atoms with E-state index in [9.17, 15) is 24.4 Å². The average molecular weight is 325 g/mol. The van der Waals surface area contributed by atoms with Crippen molar-refractivity contribution in [1.29, 1.82) is 0 Å². The normalized spacial score (nSPS) is 10.3.